The highest BCUT2D eigenvalue weighted by Crippen LogP contribution is 2.34. The van der Waals surface area contributed by atoms with Crippen molar-refractivity contribution in [1.29, 1.82) is 0 Å². The molecule has 0 saturated heterocycles. The van der Waals surface area contributed by atoms with Crippen LogP contribution in [0.25, 0.3) is 11.0 Å². The summed E-state index contributed by atoms with van der Waals surface area (Å²) in [4.78, 5) is 0. The molecule has 1 heterocycles. The molecule has 2 nitrogen and oxygen atoms in total. The molecule has 0 atom stereocenters. The van der Waals surface area contributed by atoms with Crippen molar-refractivity contribution in [2.24, 2.45) is 0 Å². The maximum atomic E-state index is 5.32. The van der Waals surface area contributed by atoms with Gasteiger partial charge in [-0.15, -0.1) is 0 Å². The minimum atomic E-state index is 0.499. The molecule has 16 heavy (non-hydrogen) atoms. The van der Waals surface area contributed by atoms with Gasteiger partial charge in [-0.2, -0.15) is 0 Å². The van der Waals surface area contributed by atoms with Crippen LogP contribution in [0.3, 0.4) is 0 Å². The number of benzene rings is 1. The van der Waals surface area contributed by atoms with E-state index in [0.717, 1.165) is 11.3 Å². The van der Waals surface area contributed by atoms with Crippen LogP contribution in [-0.4, -0.2) is 5.16 Å². The summed E-state index contributed by atoms with van der Waals surface area (Å²) in [5.41, 5.74) is 4.71. The largest absolute Gasteiger partial charge is 0.356 e. The van der Waals surface area contributed by atoms with Gasteiger partial charge in [-0.25, -0.2) is 0 Å². The predicted octanol–water partition coefficient (Wildman–Crippen LogP) is 4.38. The summed E-state index contributed by atoms with van der Waals surface area (Å²) in [6.07, 6.45) is 0. The molecular weight excluding hydrogens is 198 g/mol. The zero-order valence-electron chi connectivity index (χ0n) is 10.7. The van der Waals surface area contributed by atoms with E-state index in [9.17, 15) is 0 Å². The third-order valence-electron chi connectivity index (χ3n) is 3.08. The Morgan fingerprint density at radius 1 is 1.06 bits per heavy atom. The molecule has 0 bridgehead atoms. The Balaban J connectivity index is 2.83. The quantitative estimate of drug-likeness (QED) is 0.746. The number of nitrogens with zero attached hydrogens (tertiary/aromatic N) is 1. The van der Waals surface area contributed by atoms with Gasteiger partial charge in [0.1, 0.15) is 0 Å². The number of aromatic nitrogens is 1. The van der Waals surface area contributed by atoms with Gasteiger partial charge in [0.15, 0.2) is 5.58 Å². The Bertz CT molecular complexity index is 509. The SMILES string of the molecule is Cc1noc2ccc(C(C)C)c(C(C)C)c12. The summed E-state index contributed by atoms with van der Waals surface area (Å²) in [7, 11) is 0. The first-order valence-electron chi connectivity index (χ1n) is 5.91. The lowest BCUT2D eigenvalue weighted by Crippen LogP contribution is -1.99. The second-order valence-electron chi connectivity index (χ2n) is 5.02. The first-order chi connectivity index (χ1) is 7.52. The van der Waals surface area contributed by atoms with Crippen LogP contribution >= 0.6 is 0 Å². The van der Waals surface area contributed by atoms with E-state index in [0.29, 0.717) is 11.8 Å². The summed E-state index contributed by atoms with van der Waals surface area (Å²) in [6, 6.07) is 4.21. The molecule has 1 aromatic heterocycles. The minimum Gasteiger partial charge on any atom is -0.356 e. The smallest absolute Gasteiger partial charge is 0.167 e. The summed E-state index contributed by atoms with van der Waals surface area (Å²) in [5, 5.41) is 5.27. The van der Waals surface area contributed by atoms with Crippen LogP contribution in [0.1, 0.15) is 56.4 Å². The molecule has 0 aliphatic rings. The van der Waals surface area contributed by atoms with E-state index in [1.165, 1.54) is 16.5 Å². The Kier molecular flexibility index (Phi) is 2.75. The molecule has 2 rings (SSSR count). The first kappa shape index (κ1) is 11.2. The third-order valence-corrected chi connectivity index (χ3v) is 3.08. The molecule has 0 unspecified atom stereocenters. The molecule has 2 aromatic rings. The molecule has 0 amide bonds. The van der Waals surface area contributed by atoms with Gasteiger partial charge in [-0.1, -0.05) is 38.9 Å². The third kappa shape index (κ3) is 1.62. The van der Waals surface area contributed by atoms with Crippen molar-refractivity contribution < 1.29 is 4.52 Å². The van der Waals surface area contributed by atoms with E-state index in [-0.39, 0.29) is 0 Å². The van der Waals surface area contributed by atoms with Crippen LogP contribution in [0.5, 0.6) is 0 Å². The molecular formula is C14H19NO. The normalized spacial score (nSPS) is 11.9. The zero-order chi connectivity index (χ0) is 11.9. The van der Waals surface area contributed by atoms with Gasteiger partial charge in [0, 0.05) is 5.39 Å². The summed E-state index contributed by atoms with van der Waals surface area (Å²) >= 11 is 0. The fraction of sp³-hybridized carbons (Fsp3) is 0.500. The Hall–Kier alpha value is -1.31. The molecule has 0 N–H and O–H groups in total. The minimum absolute atomic E-state index is 0.499. The van der Waals surface area contributed by atoms with Crippen LogP contribution in [0, 0.1) is 6.92 Å². The molecule has 0 aliphatic heterocycles. The molecule has 2 heteroatoms. The van der Waals surface area contributed by atoms with E-state index < -0.39 is 0 Å². The monoisotopic (exact) mass is 217 g/mol. The average molecular weight is 217 g/mol. The average Bonchev–Trinajstić information content (AvgIpc) is 2.59. The molecule has 0 saturated carbocycles. The highest BCUT2D eigenvalue weighted by Gasteiger charge is 2.17. The fourth-order valence-corrected chi connectivity index (χ4v) is 2.35. The maximum absolute atomic E-state index is 5.32. The summed E-state index contributed by atoms with van der Waals surface area (Å²) in [5.74, 6) is 1.04. The molecule has 0 spiro atoms. The Morgan fingerprint density at radius 3 is 2.31 bits per heavy atom. The predicted molar refractivity (Wildman–Crippen MR) is 66.9 cm³/mol. The molecule has 0 fully saturated rings. The van der Waals surface area contributed by atoms with Crippen LogP contribution < -0.4 is 0 Å². The molecule has 1 aromatic carbocycles. The van der Waals surface area contributed by atoms with E-state index in [4.69, 9.17) is 4.52 Å². The summed E-state index contributed by atoms with van der Waals surface area (Å²) < 4.78 is 5.32. The van der Waals surface area contributed by atoms with Gasteiger partial charge in [-0.05, 0) is 36.0 Å². The van der Waals surface area contributed by atoms with Crippen LogP contribution in [0.4, 0.5) is 0 Å². The second-order valence-corrected chi connectivity index (χ2v) is 5.02. The van der Waals surface area contributed by atoms with E-state index in [1.807, 2.05) is 13.0 Å². The van der Waals surface area contributed by atoms with Gasteiger partial charge < -0.3 is 4.52 Å². The van der Waals surface area contributed by atoms with Gasteiger partial charge in [0.25, 0.3) is 0 Å². The highest BCUT2D eigenvalue weighted by atomic mass is 16.5. The van der Waals surface area contributed by atoms with Crippen molar-refractivity contribution in [3.8, 4) is 0 Å². The lowest BCUT2D eigenvalue weighted by molar-refractivity contribution is 0.450. The number of hydrogen-bond donors (Lipinski definition) is 0. The Morgan fingerprint density at radius 2 is 1.75 bits per heavy atom. The summed E-state index contributed by atoms with van der Waals surface area (Å²) in [6.45, 7) is 10.9. The standard InChI is InChI=1S/C14H19NO/c1-8(2)11-6-7-12-14(10(5)15-16-12)13(11)9(3)4/h6-9H,1-5H3. The lowest BCUT2D eigenvalue weighted by Gasteiger charge is -2.16. The van der Waals surface area contributed by atoms with Crippen molar-refractivity contribution in [2.75, 3.05) is 0 Å². The van der Waals surface area contributed by atoms with Crippen molar-refractivity contribution in [3.05, 3.63) is 29.0 Å². The van der Waals surface area contributed by atoms with Gasteiger partial charge in [-0.3, -0.25) is 0 Å². The van der Waals surface area contributed by atoms with E-state index in [1.54, 1.807) is 0 Å². The van der Waals surface area contributed by atoms with Crippen molar-refractivity contribution in [3.63, 3.8) is 0 Å². The maximum Gasteiger partial charge on any atom is 0.167 e. The van der Waals surface area contributed by atoms with Crippen LogP contribution in [0.2, 0.25) is 0 Å². The lowest BCUT2D eigenvalue weighted by atomic mass is 9.87. The zero-order valence-corrected chi connectivity index (χ0v) is 10.7. The molecule has 86 valence electrons. The topological polar surface area (TPSA) is 26.0 Å². The number of rotatable bonds is 2. The highest BCUT2D eigenvalue weighted by molar-refractivity contribution is 5.85. The number of aryl methyl sites for hydroxylation is 1. The van der Waals surface area contributed by atoms with Gasteiger partial charge >= 0.3 is 0 Å². The van der Waals surface area contributed by atoms with E-state index in [2.05, 4.69) is 38.9 Å². The fourth-order valence-electron chi connectivity index (χ4n) is 2.35. The first-order valence-corrected chi connectivity index (χ1v) is 5.91. The van der Waals surface area contributed by atoms with Crippen LogP contribution in [0.15, 0.2) is 16.7 Å². The van der Waals surface area contributed by atoms with Gasteiger partial charge in [0.05, 0.1) is 5.69 Å². The van der Waals surface area contributed by atoms with Gasteiger partial charge in [0.2, 0.25) is 0 Å². The van der Waals surface area contributed by atoms with E-state index >= 15 is 0 Å². The number of fused-ring (bicyclic) bond motifs is 1. The molecule has 0 aliphatic carbocycles. The Labute approximate surface area is 96.6 Å². The number of hydrogen-bond acceptors (Lipinski definition) is 2. The van der Waals surface area contributed by atoms with Crippen molar-refractivity contribution >= 4 is 11.0 Å². The van der Waals surface area contributed by atoms with Crippen molar-refractivity contribution in [1.82, 2.24) is 5.16 Å². The molecule has 0 radical (unpaired) electrons. The van der Waals surface area contributed by atoms with Crippen LogP contribution in [-0.2, 0) is 0 Å². The van der Waals surface area contributed by atoms with Crippen molar-refractivity contribution in [2.45, 2.75) is 46.5 Å². The second kappa shape index (κ2) is 3.93.